The van der Waals surface area contributed by atoms with Crippen LogP contribution in [0, 0.1) is 12.8 Å². The lowest BCUT2D eigenvalue weighted by atomic mass is 9.92. The first kappa shape index (κ1) is 15.6. The van der Waals surface area contributed by atoms with Crippen LogP contribution in [0.5, 0.6) is 0 Å². The van der Waals surface area contributed by atoms with Crippen LogP contribution in [0.4, 0.5) is 0 Å². The first-order chi connectivity index (χ1) is 10.7. The molecule has 2 saturated carbocycles. The maximum absolute atomic E-state index is 11.9. The Bertz CT molecular complexity index is 498. The molecule has 22 heavy (non-hydrogen) atoms. The molecule has 2 fully saturated rings. The number of aryl methyl sites for hydroxylation is 1. The number of hydrogen-bond acceptors (Lipinski definition) is 2. The molecule has 4 heteroatoms. The fraction of sp³-hybridized carbons (Fsp3) is 0.778. The van der Waals surface area contributed by atoms with E-state index in [1.54, 1.807) is 0 Å². The van der Waals surface area contributed by atoms with Crippen molar-refractivity contribution < 1.29 is 4.79 Å². The normalized spacial score (nSPS) is 19.3. The summed E-state index contributed by atoms with van der Waals surface area (Å²) < 4.78 is 2.38. The van der Waals surface area contributed by atoms with Crippen LogP contribution in [0.15, 0.2) is 6.20 Å². The van der Waals surface area contributed by atoms with E-state index in [-0.39, 0.29) is 5.91 Å². The summed E-state index contributed by atoms with van der Waals surface area (Å²) in [5.41, 5.74) is 1.26. The third kappa shape index (κ3) is 3.71. The average Bonchev–Trinajstić information content (AvgIpc) is 3.08. The number of carbonyl (C=O) groups excluding carboxylic acids is 1. The number of rotatable bonds is 7. The molecule has 1 aromatic heterocycles. The van der Waals surface area contributed by atoms with E-state index in [9.17, 15) is 4.79 Å². The number of carbonyl (C=O) groups is 1. The minimum Gasteiger partial charge on any atom is -0.356 e. The fourth-order valence-electron chi connectivity index (χ4n) is 3.86. The molecular weight excluding hydrogens is 274 g/mol. The highest BCUT2D eigenvalue weighted by molar-refractivity contribution is 5.75. The highest BCUT2D eigenvalue weighted by Gasteiger charge is 2.23. The Kier molecular flexibility index (Phi) is 5.16. The molecule has 4 nitrogen and oxygen atoms in total. The van der Waals surface area contributed by atoms with Gasteiger partial charge in [0.15, 0.2) is 0 Å². The molecule has 1 N–H and O–H groups in total. The summed E-state index contributed by atoms with van der Waals surface area (Å²) in [6.07, 6.45) is 13.8. The molecular formula is C18H29N3O. The molecule has 1 aromatic rings. The van der Waals surface area contributed by atoms with Crippen LogP contribution in [-0.4, -0.2) is 22.0 Å². The predicted octanol–water partition coefficient (Wildman–Crippen LogP) is 3.55. The SMILES string of the molecule is Cc1cnc(CCNC(=O)CCC2CCCC2)n1C1CCC1. The zero-order valence-electron chi connectivity index (χ0n) is 13.8. The lowest BCUT2D eigenvalue weighted by molar-refractivity contribution is -0.121. The monoisotopic (exact) mass is 303 g/mol. The largest absolute Gasteiger partial charge is 0.356 e. The van der Waals surface area contributed by atoms with Crippen molar-refractivity contribution in [3.05, 3.63) is 17.7 Å². The Morgan fingerprint density at radius 1 is 1.27 bits per heavy atom. The Labute approximate surface area is 133 Å². The molecule has 2 aliphatic rings. The molecule has 2 aliphatic carbocycles. The average molecular weight is 303 g/mol. The third-order valence-corrected chi connectivity index (χ3v) is 5.42. The topological polar surface area (TPSA) is 46.9 Å². The van der Waals surface area contributed by atoms with Crippen LogP contribution in [0.1, 0.15) is 75.3 Å². The minimum absolute atomic E-state index is 0.213. The summed E-state index contributed by atoms with van der Waals surface area (Å²) in [5, 5.41) is 3.07. The minimum atomic E-state index is 0.213. The number of imidazole rings is 1. The maximum atomic E-state index is 11.9. The van der Waals surface area contributed by atoms with E-state index < -0.39 is 0 Å². The van der Waals surface area contributed by atoms with Gasteiger partial charge in [-0.05, 0) is 38.5 Å². The summed E-state index contributed by atoms with van der Waals surface area (Å²) >= 11 is 0. The van der Waals surface area contributed by atoms with Gasteiger partial charge < -0.3 is 9.88 Å². The number of nitrogens with one attached hydrogen (secondary N) is 1. The second-order valence-corrected chi connectivity index (χ2v) is 7.06. The van der Waals surface area contributed by atoms with E-state index in [1.165, 1.54) is 50.6 Å². The molecule has 1 heterocycles. The second kappa shape index (κ2) is 7.30. The van der Waals surface area contributed by atoms with Gasteiger partial charge in [-0.1, -0.05) is 25.7 Å². The van der Waals surface area contributed by atoms with Crippen LogP contribution >= 0.6 is 0 Å². The summed E-state index contributed by atoms with van der Waals surface area (Å²) in [6, 6.07) is 0.649. The highest BCUT2D eigenvalue weighted by atomic mass is 16.1. The molecule has 0 atom stereocenters. The molecule has 0 saturated heterocycles. The Hall–Kier alpha value is -1.32. The Balaban J connectivity index is 1.40. The molecule has 1 amide bonds. The predicted molar refractivity (Wildman–Crippen MR) is 87.8 cm³/mol. The maximum Gasteiger partial charge on any atom is 0.220 e. The molecule has 3 rings (SSSR count). The molecule has 0 aromatic carbocycles. The van der Waals surface area contributed by atoms with Crippen molar-refractivity contribution in [1.82, 2.24) is 14.9 Å². The van der Waals surface area contributed by atoms with Gasteiger partial charge in [0.1, 0.15) is 5.82 Å². The summed E-state index contributed by atoms with van der Waals surface area (Å²) in [6.45, 7) is 2.85. The van der Waals surface area contributed by atoms with Crippen molar-refractivity contribution in [2.75, 3.05) is 6.54 Å². The highest BCUT2D eigenvalue weighted by Crippen LogP contribution is 2.33. The summed E-state index contributed by atoms with van der Waals surface area (Å²) in [7, 11) is 0. The van der Waals surface area contributed by atoms with Crippen LogP contribution in [0.25, 0.3) is 0 Å². The number of nitrogens with zero attached hydrogens (tertiary/aromatic N) is 2. The smallest absolute Gasteiger partial charge is 0.220 e. The summed E-state index contributed by atoms with van der Waals surface area (Å²) in [4.78, 5) is 16.5. The van der Waals surface area contributed by atoms with Crippen LogP contribution < -0.4 is 5.32 Å². The Morgan fingerprint density at radius 3 is 2.73 bits per heavy atom. The molecule has 122 valence electrons. The van der Waals surface area contributed by atoms with E-state index in [0.717, 1.165) is 24.6 Å². The van der Waals surface area contributed by atoms with Crippen LogP contribution in [0.3, 0.4) is 0 Å². The number of aromatic nitrogens is 2. The zero-order valence-corrected chi connectivity index (χ0v) is 13.8. The molecule has 0 bridgehead atoms. The van der Waals surface area contributed by atoms with Crippen molar-refractivity contribution >= 4 is 5.91 Å². The van der Waals surface area contributed by atoms with E-state index in [4.69, 9.17) is 0 Å². The van der Waals surface area contributed by atoms with Gasteiger partial charge in [0.25, 0.3) is 0 Å². The Morgan fingerprint density at radius 2 is 2.05 bits per heavy atom. The quantitative estimate of drug-likeness (QED) is 0.837. The van der Waals surface area contributed by atoms with Gasteiger partial charge >= 0.3 is 0 Å². The fourth-order valence-corrected chi connectivity index (χ4v) is 3.86. The number of hydrogen-bond donors (Lipinski definition) is 1. The van der Waals surface area contributed by atoms with Crippen molar-refractivity contribution in [3.8, 4) is 0 Å². The van der Waals surface area contributed by atoms with E-state index >= 15 is 0 Å². The van der Waals surface area contributed by atoms with E-state index in [1.807, 2.05) is 6.20 Å². The van der Waals surface area contributed by atoms with Gasteiger partial charge in [-0.2, -0.15) is 0 Å². The molecule has 0 spiro atoms. The van der Waals surface area contributed by atoms with Crippen LogP contribution in [0.2, 0.25) is 0 Å². The van der Waals surface area contributed by atoms with Gasteiger partial charge in [-0.15, -0.1) is 0 Å². The van der Waals surface area contributed by atoms with Gasteiger partial charge in [-0.25, -0.2) is 4.98 Å². The standard InChI is InChI=1S/C18H29N3O/c1-14-13-20-17(21(14)16-7-4-8-16)11-12-19-18(22)10-9-15-5-2-3-6-15/h13,15-16H,2-12H2,1H3,(H,19,22). The third-order valence-electron chi connectivity index (χ3n) is 5.42. The van der Waals surface area contributed by atoms with Crippen molar-refractivity contribution in [1.29, 1.82) is 0 Å². The van der Waals surface area contributed by atoms with Crippen LogP contribution in [-0.2, 0) is 11.2 Å². The van der Waals surface area contributed by atoms with E-state index in [2.05, 4.69) is 21.8 Å². The molecule has 0 radical (unpaired) electrons. The summed E-state index contributed by atoms with van der Waals surface area (Å²) in [5.74, 6) is 2.15. The number of amides is 1. The lowest BCUT2D eigenvalue weighted by Gasteiger charge is -2.29. The van der Waals surface area contributed by atoms with Gasteiger partial charge in [0.2, 0.25) is 5.91 Å². The lowest BCUT2D eigenvalue weighted by Crippen LogP contribution is -2.28. The first-order valence-corrected chi connectivity index (χ1v) is 9.03. The molecule has 0 aliphatic heterocycles. The van der Waals surface area contributed by atoms with Crippen molar-refractivity contribution in [2.45, 2.75) is 77.2 Å². The van der Waals surface area contributed by atoms with Crippen molar-refractivity contribution in [3.63, 3.8) is 0 Å². The van der Waals surface area contributed by atoms with Crippen molar-refractivity contribution in [2.24, 2.45) is 5.92 Å². The zero-order chi connectivity index (χ0) is 15.4. The second-order valence-electron chi connectivity index (χ2n) is 7.06. The first-order valence-electron chi connectivity index (χ1n) is 9.03. The molecule has 0 unspecified atom stereocenters. The van der Waals surface area contributed by atoms with E-state index in [0.29, 0.717) is 19.0 Å². The van der Waals surface area contributed by atoms with Gasteiger partial charge in [-0.3, -0.25) is 4.79 Å². The van der Waals surface area contributed by atoms with Gasteiger partial charge in [0.05, 0.1) is 0 Å². The van der Waals surface area contributed by atoms with Gasteiger partial charge in [0, 0.05) is 37.3 Å².